The van der Waals surface area contributed by atoms with Crippen LogP contribution >= 0.6 is 0 Å². The molecule has 0 radical (unpaired) electrons. The summed E-state index contributed by atoms with van der Waals surface area (Å²) in [5, 5.41) is 2.56. The number of rotatable bonds is 5. The van der Waals surface area contributed by atoms with E-state index in [1.54, 1.807) is 6.92 Å². The number of sulfone groups is 1. The highest BCUT2D eigenvalue weighted by atomic mass is 32.2. The lowest BCUT2D eigenvalue weighted by Crippen LogP contribution is -2.18. The summed E-state index contributed by atoms with van der Waals surface area (Å²) in [5.74, 6) is 0.382. The van der Waals surface area contributed by atoms with Crippen LogP contribution in [0.3, 0.4) is 0 Å². The van der Waals surface area contributed by atoms with Gasteiger partial charge in [0.15, 0.2) is 9.84 Å². The van der Waals surface area contributed by atoms with Gasteiger partial charge in [0.25, 0.3) is 0 Å². The van der Waals surface area contributed by atoms with Crippen LogP contribution in [0.1, 0.15) is 41.9 Å². The van der Waals surface area contributed by atoms with Crippen LogP contribution in [-0.2, 0) is 16.4 Å². The third kappa shape index (κ3) is 3.49. The van der Waals surface area contributed by atoms with E-state index in [2.05, 4.69) is 15.3 Å². The summed E-state index contributed by atoms with van der Waals surface area (Å²) in [5.41, 5.74) is 2.73. The maximum atomic E-state index is 11.5. The van der Waals surface area contributed by atoms with Crippen molar-refractivity contribution in [3.05, 3.63) is 22.8 Å². The van der Waals surface area contributed by atoms with Crippen LogP contribution in [0.15, 0.2) is 0 Å². The van der Waals surface area contributed by atoms with E-state index in [0.29, 0.717) is 12.4 Å². The second kappa shape index (κ2) is 5.75. The van der Waals surface area contributed by atoms with Crippen molar-refractivity contribution in [2.75, 3.05) is 12.8 Å². The van der Waals surface area contributed by atoms with Crippen LogP contribution < -0.4 is 5.32 Å². The molecule has 1 aromatic rings. The van der Waals surface area contributed by atoms with Crippen molar-refractivity contribution in [1.29, 1.82) is 0 Å². The summed E-state index contributed by atoms with van der Waals surface area (Å²) in [7, 11) is -3.16. The van der Waals surface area contributed by atoms with Crippen molar-refractivity contribution >= 4 is 9.84 Å². The number of nitrogens with zero attached hydrogens (tertiary/aromatic N) is 2. The SMILES string of the molecule is CCNCc1c(C)nc(C(C)S(C)(=O)=O)nc1C. The van der Waals surface area contributed by atoms with Crippen molar-refractivity contribution in [1.82, 2.24) is 15.3 Å². The summed E-state index contributed by atoms with van der Waals surface area (Å²) in [6.45, 7) is 9.01. The van der Waals surface area contributed by atoms with Gasteiger partial charge in [-0.3, -0.25) is 0 Å². The van der Waals surface area contributed by atoms with Gasteiger partial charge in [-0.25, -0.2) is 18.4 Å². The minimum atomic E-state index is -3.16. The Kier molecular flexibility index (Phi) is 4.81. The number of hydrogen-bond acceptors (Lipinski definition) is 5. The molecule has 0 spiro atoms. The zero-order valence-electron chi connectivity index (χ0n) is 11.6. The van der Waals surface area contributed by atoms with Gasteiger partial charge in [0.05, 0.1) is 0 Å². The molecule has 1 aromatic heterocycles. The first-order chi connectivity index (χ1) is 8.27. The predicted molar refractivity (Wildman–Crippen MR) is 72.1 cm³/mol. The standard InChI is InChI=1S/C12H21N3O2S/c1-6-13-7-11-8(2)14-12(15-9(11)3)10(4)18(5,16)17/h10,13H,6-7H2,1-5H3. The molecule has 0 fully saturated rings. The second-order valence-corrected chi connectivity index (χ2v) is 6.85. The molecule has 0 aliphatic rings. The van der Waals surface area contributed by atoms with Crippen LogP contribution in [0.4, 0.5) is 0 Å². The smallest absolute Gasteiger partial charge is 0.157 e. The Labute approximate surface area is 109 Å². The normalized spacial score (nSPS) is 13.6. The Morgan fingerprint density at radius 3 is 2.11 bits per heavy atom. The number of aryl methyl sites for hydroxylation is 2. The lowest BCUT2D eigenvalue weighted by Gasteiger charge is -2.14. The maximum absolute atomic E-state index is 11.5. The molecule has 6 heteroatoms. The van der Waals surface area contributed by atoms with Crippen molar-refractivity contribution < 1.29 is 8.42 Å². The van der Waals surface area contributed by atoms with Crippen molar-refractivity contribution in [2.45, 2.75) is 39.5 Å². The van der Waals surface area contributed by atoms with Gasteiger partial charge in [0, 0.05) is 29.8 Å². The zero-order valence-corrected chi connectivity index (χ0v) is 12.4. The van der Waals surface area contributed by atoms with Crippen LogP contribution in [0.2, 0.25) is 0 Å². The summed E-state index contributed by atoms with van der Waals surface area (Å²) in [4.78, 5) is 8.65. The molecule has 102 valence electrons. The lowest BCUT2D eigenvalue weighted by atomic mass is 10.1. The minimum Gasteiger partial charge on any atom is -0.313 e. The largest absolute Gasteiger partial charge is 0.313 e. The molecule has 0 saturated carbocycles. The van der Waals surface area contributed by atoms with E-state index in [4.69, 9.17) is 0 Å². The molecule has 1 atom stereocenters. The first kappa shape index (κ1) is 15.0. The molecule has 1 rings (SSSR count). The Morgan fingerprint density at radius 1 is 1.22 bits per heavy atom. The molecule has 1 heterocycles. The second-order valence-electron chi connectivity index (χ2n) is 4.48. The fourth-order valence-corrected chi connectivity index (χ4v) is 2.13. The predicted octanol–water partition coefficient (Wildman–Crippen LogP) is 1.31. The van der Waals surface area contributed by atoms with Crippen molar-refractivity contribution in [3.63, 3.8) is 0 Å². The highest BCUT2D eigenvalue weighted by molar-refractivity contribution is 7.90. The summed E-state index contributed by atoms with van der Waals surface area (Å²) in [6.07, 6.45) is 1.21. The molecule has 0 amide bonds. The highest BCUT2D eigenvalue weighted by Gasteiger charge is 2.21. The van der Waals surface area contributed by atoms with Gasteiger partial charge in [-0.05, 0) is 27.3 Å². The molecule has 5 nitrogen and oxygen atoms in total. The number of nitrogens with one attached hydrogen (secondary N) is 1. The van der Waals surface area contributed by atoms with Gasteiger partial charge in [0.2, 0.25) is 0 Å². The lowest BCUT2D eigenvalue weighted by molar-refractivity contribution is 0.588. The summed E-state index contributed by atoms with van der Waals surface area (Å²) >= 11 is 0. The molecule has 1 N–H and O–H groups in total. The van der Waals surface area contributed by atoms with Gasteiger partial charge < -0.3 is 5.32 Å². The van der Waals surface area contributed by atoms with E-state index in [-0.39, 0.29) is 0 Å². The van der Waals surface area contributed by atoms with Gasteiger partial charge >= 0.3 is 0 Å². The van der Waals surface area contributed by atoms with E-state index in [1.165, 1.54) is 6.26 Å². The van der Waals surface area contributed by atoms with Crippen LogP contribution in [-0.4, -0.2) is 31.2 Å². The third-order valence-electron chi connectivity index (χ3n) is 3.00. The molecular weight excluding hydrogens is 250 g/mol. The van der Waals surface area contributed by atoms with Crippen LogP contribution in [0.25, 0.3) is 0 Å². The van der Waals surface area contributed by atoms with E-state index < -0.39 is 15.1 Å². The fourth-order valence-electron chi connectivity index (χ4n) is 1.64. The summed E-state index contributed by atoms with van der Waals surface area (Å²) < 4.78 is 23.0. The topological polar surface area (TPSA) is 72.0 Å². The Morgan fingerprint density at radius 2 is 1.72 bits per heavy atom. The molecular formula is C12H21N3O2S. The van der Waals surface area contributed by atoms with Gasteiger partial charge in [-0.1, -0.05) is 6.92 Å². The zero-order chi connectivity index (χ0) is 13.9. The monoisotopic (exact) mass is 271 g/mol. The molecule has 0 aliphatic carbocycles. The maximum Gasteiger partial charge on any atom is 0.157 e. The van der Waals surface area contributed by atoms with Gasteiger partial charge in [-0.15, -0.1) is 0 Å². The summed E-state index contributed by atoms with van der Waals surface area (Å²) in [6, 6.07) is 0. The first-order valence-electron chi connectivity index (χ1n) is 6.01. The molecule has 0 bridgehead atoms. The number of aromatic nitrogens is 2. The molecule has 0 aliphatic heterocycles. The van der Waals surface area contributed by atoms with E-state index in [9.17, 15) is 8.42 Å². The Bertz CT molecular complexity index is 503. The minimum absolute atomic E-state index is 0.382. The van der Waals surface area contributed by atoms with E-state index in [0.717, 1.165) is 23.5 Å². The average molecular weight is 271 g/mol. The molecule has 0 aromatic carbocycles. The van der Waals surface area contributed by atoms with E-state index in [1.807, 2.05) is 20.8 Å². The number of hydrogen-bond donors (Lipinski definition) is 1. The fraction of sp³-hybridized carbons (Fsp3) is 0.667. The quantitative estimate of drug-likeness (QED) is 0.874. The molecule has 18 heavy (non-hydrogen) atoms. The highest BCUT2D eigenvalue weighted by Crippen LogP contribution is 2.20. The molecule has 1 unspecified atom stereocenters. The van der Waals surface area contributed by atoms with Crippen LogP contribution in [0.5, 0.6) is 0 Å². The van der Waals surface area contributed by atoms with E-state index >= 15 is 0 Å². The molecule has 0 saturated heterocycles. The average Bonchev–Trinajstić information content (AvgIpc) is 2.25. The van der Waals surface area contributed by atoms with Crippen LogP contribution in [0, 0.1) is 13.8 Å². The van der Waals surface area contributed by atoms with Crippen molar-refractivity contribution in [2.24, 2.45) is 0 Å². The Balaban J connectivity index is 3.14. The Hall–Kier alpha value is -1.01. The van der Waals surface area contributed by atoms with Crippen molar-refractivity contribution in [3.8, 4) is 0 Å². The van der Waals surface area contributed by atoms with Gasteiger partial charge in [0.1, 0.15) is 11.1 Å². The first-order valence-corrected chi connectivity index (χ1v) is 7.96. The third-order valence-corrected chi connectivity index (χ3v) is 4.49. The van der Waals surface area contributed by atoms with Gasteiger partial charge in [-0.2, -0.15) is 0 Å².